The highest BCUT2D eigenvalue weighted by Gasteiger charge is 2.53. The third-order valence-corrected chi connectivity index (χ3v) is 7.34. The van der Waals surface area contributed by atoms with E-state index in [2.05, 4.69) is 5.32 Å². The van der Waals surface area contributed by atoms with E-state index >= 15 is 0 Å². The predicted octanol–water partition coefficient (Wildman–Crippen LogP) is -0.747. The van der Waals surface area contributed by atoms with Crippen molar-refractivity contribution in [2.45, 2.75) is 81.8 Å². The molecule has 200 valence electrons. The fourth-order valence-corrected chi connectivity index (χ4v) is 5.23. The average Bonchev–Trinajstić information content (AvgIpc) is 3.49. The van der Waals surface area contributed by atoms with Crippen molar-refractivity contribution in [3.63, 3.8) is 0 Å². The van der Waals surface area contributed by atoms with Gasteiger partial charge in [0.2, 0.25) is 17.7 Å². The number of benzene rings is 1. The van der Waals surface area contributed by atoms with E-state index in [0.717, 1.165) is 0 Å². The number of amides is 3. The summed E-state index contributed by atoms with van der Waals surface area (Å²) in [7, 11) is 0. The molecule has 10 nitrogen and oxygen atoms in total. The molecule has 1 aromatic rings. The summed E-state index contributed by atoms with van der Waals surface area (Å²) in [4.78, 5) is 43.5. The number of nitrogens with zero attached hydrogens (tertiary/aromatic N) is 2. The van der Waals surface area contributed by atoms with Crippen molar-refractivity contribution in [2.24, 2.45) is 11.5 Å². The first-order chi connectivity index (χ1) is 17.0. The number of carbonyl (C=O) groups excluding carboxylic acids is 3. The van der Waals surface area contributed by atoms with E-state index in [1.165, 1.54) is 35.8 Å². The normalized spacial score (nSPS) is 25.4. The number of nitrogens with two attached hydrogens (primary N) is 2. The van der Waals surface area contributed by atoms with Gasteiger partial charge >= 0.3 is 0 Å². The summed E-state index contributed by atoms with van der Waals surface area (Å²) >= 11 is 0. The van der Waals surface area contributed by atoms with Crippen molar-refractivity contribution < 1.29 is 29.0 Å². The molecule has 0 bridgehead atoms. The molecule has 2 heterocycles. The quantitative estimate of drug-likeness (QED) is 0.294. The molecule has 0 aliphatic carbocycles. The second kappa shape index (κ2) is 11.6. The molecule has 0 spiro atoms. The number of hydrogen-bond donors (Lipinski definition) is 5. The van der Waals surface area contributed by atoms with Crippen LogP contribution >= 0.6 is 0 Å². The third kappa shape index (κ3) is 5.69. The summed E-state index contributed by atoms with van der Waals surface area (Å²) in [5.74, 6) is -1.84. The molecule has 2 saturated heterocycles. The molecule has 2 aliphatic rings. The van der Waals surface area contributed by atoms with Gasteiger partial charge in [0.05, 0.1) is 18.2 Å². The molecule has 6 atom stereocenters. The summed E-state index contributed by atoms with van der Waals surface area (Å²) in [5, 5.41) is 22.6. The maximum absolute atomic E-state index is 14.0. The van der Waals surface area contributed by atoms with Crippen LogP contribution in [-0.4, -0.2) is 93.2 Å². The van der Waals surface area contributed by atoms with Gasteiger partial charge in [0.1, 0.15) is 23.4 Å². The first kappa shape index (κ1) is 28.0. The van der Waals surface area contributed by atoms with Crippen molar-refractivity contribution in [1.29, 1.82) is 0 Å². The lowest BCUT2D eigenvalue weighted by Gasteiger charge is -2.41. The standard InChI is InChI=1S/C25H38FN5O5/c1-15(32)19(14-27)29-24(36)25(13-17-6-3-7-18(26)12-17)9-5-11-31(25)22(34)20-8-4-10-30(20)23(35)21(28)16(2)33/h3,6-7,12,15-16,19-21,32-33H,4-5,8-11,13-14,27-28H2,1-2H3,(H,29,36)/t15-,16-,19-,20+,21+,25-/m1/s1. The number of aliphatic hydroxyl groups is 2. The lowest BCUT2D eigenvalue weighted by Crippen LogP contribution is -2.64. The van der Waals surface area contributed by atoms with Gasteiger partial charge in [0.25, 0.3) is 0 Å². The molecule has 7 N–H and O–H groups in total. The van der Waals surface area contributed by atoms with E-state index in [-0.39, 0.29) is 25.4 Å². The molecule has 2 fully saturated rings. The molecule has 3 amide bonds. The highest BCUT2D eigenvalue weighted by atomic mass is 19.1. The summed E-state index contributed by atoms with van der Waals surface area (Å²) in [6.45, 7) is 3.53. The molecule has 2 aliphatic heterocycles. The van der Waals surface area contributed by atoms with Crippen molar-refractivity contribution >= 4 is 17.7 Å². The SMILES string of the molecule is C[C@@H](O)[C@H](N)C(=O)N1CCC[C@H]1C(=O)N1CCC[C@@]1(Cc1cccc(F)c1)C(=O)N[C@H](CN)[C@@H](C)O. The van der Waals surface area contributed by atoms with E-state index in [9.17, 15) is 29.0 Å². The Hall–Kier alpha value is -2.60. The molecule has 1 aromatic carbocycles. The second-order valence-electron chi connectivity index (χ2n) is 9.94. The van der Waals surface area contributed by atoms with Gasteiger partial charge in [-0.15, -0.1) is 0 Å². The van der Waals surface area contributed by atoms with Gasteiger partial charge in [0.15, 0.2) is 0 Å². The van der Waals surface area contributed by atoms with Crippen LogP contribution in [-0.2, 0) is 20.8 Å². The predicted molar refractivity (Wildman–Crippen MR) is 131 cm³/mol. The van der Waals surface area contributed by atoms with Crippen molar-refractivity contribution in [3.05, 3.63) is 35.6 Å². The fourth-order valence-electron chi connectivity index (χ4n) is 5.23. The van der Waals surface area contributed by atoms with Crippen LogP contribution in [0.1, 0.15) is 45.1 Å². The molecule has 0 aromatic heterocycles. The first-order valence-corrected chi connectivity index (χ1v) is 12.5. The minimum atomic E-state index is -1.35. The van der Waals surface area contributed by atoms with Crippen LogP contribution in [0.3, 0.4) is 0 Å². The van der Waals surface area contributed by atoms with Gasteiger partial charge < -0.3 is 36.8 Å². The smallest absolute Gasteiger partial charge is 0.246 e. The number of nitrogens with one attached hydrogen (secondary N) is 1. The Labute approximate surface area is 210 Å². The number of carbonyl (C=O) groups is 3. The molecule has 0 unspecified atom stereocenters. The van der Waals surface area contributed by atoms with E-state index in [4.69, 9.17) is 11.5 Å². The van der Waals surface area contributed by atoms with Gasteiger partial charge in [0, 0.05) is 26.1 Å². The number of hydrogen-bond acceptors (Lipinski definition) is 7. The number of aliphatic hydroxyl groups excluding tert-OH is 2. The highest BCUT2D eigenvalue weighted by Crippen LogP contribution is 2.36. The molecule has 11 heteroatoms. The van der Waals surface area contributed by atoms with Crippen LogP contribution in [0.15, 0.2) is 24.3 Å². The topological polar surface area (TPSA) is 162 Å². The number of halogens is 1. The zero-order valence-corrected chi connectivity index (χ0v) is 20.9. The van der Waals surface area contributed by atoms with Crippen molar-refractivity contribution in [2.75, 3.05) is 19.6 Å². The van der Waals surface area contributed by atoms with Gasteiger partial charge in [-0.3, -0.25) is 14.4 Å². The Bertz CT molecular complexity index is 961. The van der Waals surface area contributed by atoms with Crippen LogP contribution in [0.4, 0.5) is 4.39 Å². The van der Waals surface area contributed by atoms with E-state index in [1.54, 1.807) is 12.1 Å². The maximum Gasteiger partial charge on any atom is 0.246 e. The molecule has 0 radical (unpaired) electrons. The van der Waals surface area contributed by atoms with Gasteiger partial charge in [-0.05, 0) is 57.2 Å². The van der Waals surface area contributed by atoms with Crippen LogP contribution in [0.25, 0.3) is 0 Å². The Morgan fingerprint density at radius 2 is 1.92 bits per heavy atom. The molecule has 36 heavy (non-hydrogen) atoms. The number of likely N-dealkylation sites (tertiary alicyclic amines) is 2. The Kier molecular flexibility index (Phi) is 9.04. The van der Waals surface area contributed by atoms with Crippen LogP contribution in [0.5, 0.6) is 0 Å². The Morgan fingerprint density at radius 1 is 1.19 bits per heavy atom. The van der Waals surface area contributed by atoms with E-state index < -0.39 is 53.5 Å². The van der Waals surface area contributed by atoms with Crippen LogP contribution < -0.4 is 16.8 Å². The summed E-state index contributed by atoms with van der Waals surface area (Å²) < 4.78 is 14.0. The zero-order valence-electron chi connectivity index (χ0n) is 20.9. The second-order valence-corrected chi connectivity index (χ2v) is 9.94. The highest BCUT2D eigenvalue weighted by molar-refractivity contribution is 5.96. The molecular weight excluding hydrogens is 469 g/mol. The van der Waals surface area contributed by atoms with E-state index in [0.29, 0.717) is 37.8 Å². The van der Waals surface area contributed by atoms with Crippen LogP contribution in [0.2, 0.25) is 0 Å². The lowest BCUT2D eigenvalue weighted by atomic mass is 9.86. The maximum atomic E-state index is 14.0. The van der Waals surface area contributed by atoms with Gasteiger partial charge in [-0.2, -0.15) is 0 Å². The Morgan fingerprint density at radius 3 is 2.53 bits per heavy atom. The Balaban J connectivity index is 1.96. The minimum absolute atomic E-state index is 0.00443. The molecular formula is C25H38FN5O5. The van der Waals surface area contributed by atoms with Crippen molar-refractivity contribution in [1.82, 2.24) is 15.1 Å². The lowest BCUT2D eigenvalue weighted by molar-refractivity contribution is -0.152. The monoisotopic (exact) mass is 507 g/mol. The van der Waals surface area contributed by atoms with Gasteiger partial charge in [-0.1, -0.05) is 12.1 Å². The zero-order chi connectivity index (χ0) is 26.6. The van der Waals surface area contributed by atoms with Gasteiger partial charge in [-0.25, -0.2) is 4.39 Å². The summed E-state index contributed by atoms with van der Waals surface area (Å²) in [6.07, 6.45) is -0.0792. The molecule has 3 rings (SSSR count). The fraction of sp³-hybridized carbons (Fsp3) is 0.640. The summed E-state index contributed by atoms with van der Waals surface area (Å²) in [6, 6.07) is 3.17. The van der Waals surface area contributed by atoms with E-state index in [1.807, 2.05) is 0 Å². The average molecular weight is 508 g/mol. The van der Waals surface area contributed by atoms with Crippen LogP contribution in [0, 0.1) is 5.82 Å². The largest absolute Gasteiger partial charge is 0.391 e. The molecule has 0 saturated carbocycles. The first-order valence-electron chi connectivity index (χ1n) is 12.5. The van der Waals surface area contributed by atoms with Crippen molar-refractivity contribution in [3.8, 4) is 0 Å². The summed E-state index contributed by atoms with van der Waals surface area (Å²) in [5.41, 5.74) is 10.8. The third-order valence-electron chi connectivity index (χ3n) is 7.34. The number of rotatable bonds is 9. The minimum Gasteiger partial charge on any atom is -0.391 e.